The molecule has 0 saturated carbocycles. The first kappa shape index (κ1) is 16.0. The molecule has 3 N–H and O–H groups in total. The van der Waals surface area contributed by atoms with Crippen molar-refractivity contribution < 1.29 is 8.42 Å². The average molecular weight is 369 g/mol. The Morgan fingerprint density at radius 1 is 1.10 bits per heavy atom. The van der Waals surface area contributed by atoms with Gasteiger partial charge in [0.05, 0.1) is 11.4 Å². The second kappa shape index (κ2) is 6.60. The number of hydrogen-bond donors (Lipinski definition) is 2. The highest BCUT2D eigenvalue weighted by molar-refractivity contribution is 9.10. The summed E-state index contributed by atoms with van der Waals surface area (Å²) in [6.07, 6.45) is 0. The molecule has 2 aromatic rings. The third-order valence-electron chi connectivity index (χ3n) is 3.07. The molecule has 112 valence electrons. The third-order valence-corrected chi connectivity index (χ3v) is 4.81. The van der Waals surface area contributed by atoms with Crippen molar-refractivity contribution in [3.05, 3.63) is 63.6 Å². The summed E-state index contributed by atoms with van der Waals surface area (Å²) >= 11 is 3.36. The Morgan fingerprint density at radius 2 is 1.71 bits per heavy atom. The van der Waals surface area contributed by atoms with E-state index in [0.29, 0.717) is 12.2 Å². The van der Waals surface area contributed by atoms with Crippen LogP contribution in [0.25, 0.3) is 0 Å². The molecule has 0 unspecified atom stereocenters. The number of sulfonamides is 1. The number of hydrogen-bond acceptors (Lipinski definition) is 3. The summed E-state index contributed by atoms with van der Waals surface area (Å²) in [7, 11) is -3.44. The minimum absolute atomic E-state index is 0.0621. The van der Waals surface area contributed by atoms with Gasteiger partial charge in [0.2, 0.25) is 10.0 Å². The molecule has 0 amide bonds. The van der Waals surface area contributed by atoms with Crippen LogP contribution in [0.2, 0.25) is 0 Å². The largest absolute Gasteiger partial charge is 0.326 e. The van der Waals surface area contributed by atoms with Crippen LogP contribution in [-0.2, 0) is 22.3 Å². The summed E-state index contributed by atoms with van der Waals surface area (Å²) in [5, 5.41) is 0. The lowest BCUT2D eigenvalue weighted by Gasteiger charge is -2.11. The second-order valence-corrected chi connectivity index (χ2v) is 7.48. The zero-order valence-corrected chi connectivity index (χ0v) is 14.0. The third kappa shape index (κ3) is 4.56. The molecule has 4 nitrogen and oxygen atoms in total. The van der Waals surface area contributed by atoms with Gasteiger partial charge in [-0.05, 0) is 41.8 Å². The van der Waals surface area contributed by atoms with E-state index in [-0.39, 0.29) is 5.75 Å². The smallest absolute Gasteiger partial charge is 0.236 e. The molecule has 0 atom stereocenters. The van der Waals surface area contributed by atoms with E-state index in [4.69, 9.17) is 5.73 Å². The summed E-state index contributed by atoms with van der Waals surface area (Å²) in [5.41, 5.74) is 8.70. The van der Waals surface area contributed by atoms with Crippen molar-refractivity contribution in [3.8, 4) is 0 Å². The van der Waals surface area contributed by atoms with Crippen molar-refractivity contribution in [1.29, 1.82) is 0 Å². The molecule has 0 bridgehead atoms. The fourth-order valence-electron chi connectivity index (χ4n) is 1.94. The molecule has 0 saturated heterocycles. The van der Waals surface area contributed by atoms with Gasteiger partial charge in [0.15, 0.2) is 0 Å². The van der Waals surface area contributed by atoms with Crippen molar-refractivity contribution in [2.45, 2.75) is 19.2 Å². The molecule has 0 aromatic heterocycles. The maximum atomic E-state index is 12.2. The first-order valence-corrected chi connectivity index (χ1v) is 8.89. The minimum atomic E-state index is -3.44. The summed E-state index contributed by atoms with van der Waals surface area (Å²) in [5.74, 6) is -0.0621. The van der Waals surface area contributed by atoms with Crippen LogP contribution in [-0.4, -0.2) is 8.42 Å². The molecule has 2 rings (SSSR count). The average Bonchev–Trinajstić information content (AvgIpc) is 2.42. The van der Waals surface area contributed by atoms with Crippen molar-refractivity contribution in [1.82, 2.24) is 0 Å². The molecule has 21 heavy (non-hydrogen) atoms. The summed E-state index contributed by atoms with van der Waals surface area (Å²) in [6, 6.07) is 12.7. The van der Waals surface area contributed by atoms with Gasteiger partial charge < -0.3 is 5.73 Å². The van der Waals surface area contributed by atoms with Crippen LogP contribution in [0.4, 0.5) is 5.69 Å². The van der Waals surface area contributed by atoms with Crippen LogP contribution in [0.15, 0.2) is 46.9 Å². The van der Waals surface area contributed by atoms with Gasteiger partial charge in [-0.15, -0.1) is 0 Å². The summed E-state index contributed by atoms with van der Waals surface area (Å²) < 4.78 is 28.0. The van der Waals surface area contributed by atoms with E-state index in [2.05, 4.69) is 20.7 Å². The molecule has 2 aromatic carbocycles. The number of anilines is 1. The van der Waals surface area contributed by atoms with Crippen LogP contribution < -0.4 is 10.5 Å². The quantitative estimate of drug-likeness (QED) is 0.851. The van der Waals surface area contributed by atoms with Gasteiger partial charge in [0.1, 0.15) is 0 Å². The zero-order valence-electron chi connectivity index (χ0n) is 11.6. The van der Waals surface area contributed by atoms with Gasteiger partial charge in [0.25, 0.3) is 0 Å². The monoisotopic (exact) mass is 368 g/mol. The molecule has 0 aliphatic carbocycles. The van der Waals surface area contributed by atoms with Crippen LogP contribution in [0.5, 0.6) is 0 Å². The topological polar surface area (TPSA) is 72.2 Å². The van der Waals surface area contributed by atoms with Crippen LogP contribution >= 0.6 is 15.9 Å². The fourth-order valence-corrected chi connectivity index (χ4v) is 3.68. The van der Waals surface area contributed by atoms with Gasteiger partial charge in [-0.2, -0.15) is 0 Å². The van der Waals surface area contributed by atoms with Crippen molar-refractivity contribution in [2.24, 2.45) is 5.73 Å². The Hall–Kier alpha value is -1.37. The first-order valence-electron chi connectivity index (χ1n) is 6.44. The predicted molar refractivity (Wildman–Crippen MR) is 89.5 cm³/mol. The van der Waals surface area contributed by atoms with Crippen LogP contribution in [0.3, 0.4) is 0 Å². The van der Waals surface area contributed by atoms with Crippen molar-refractivity contribution in [2.75, 3.05) is 4.72 Å². The highest BCUT2D eigenvalue weighted by Gasteiger charge is 2.13. The van der Waals surface area contributed by atoms with E-state index in [1.807, 2.05) is 25.1 Å². The highest BCUT2D eigenvalue weighted by atomic mass is 79.9. The Balaban J connectivity index is 2.14. The lowest BCUT2D eigenvalue weighted by atomic mass is 10.1. The van der Waals surface area contributed by atoms with E-state index < -0.39 is 10.0 Å². The molecule has 0 radical (unpaired) electrons. The number of aryl methyl sites for hydroxylation is 1. The number of halogens is 1. The number of benzene rings is 2. The van der Waals surface area contributed by atoms with Crippen LogP contribution in [0, 0.1) is 6.92 Å². The summed E-state index contributed by atoms with van der Waals surface area (Å²) in [4.78, 5) is 0. The second-order valence-electron chi connectivity index (χ2n) is 4.84. The molecule has 0 aliphatic rings. The minimum Gasteiger partial charge on any atom is -0.326 e. The molecular formula is C15H17BrN2O2S. The van der Waals surface area contributed by atoms with Crippen LogP contribution in [0.1, 0.15) is 16.7 Å². The summed E-state index contributed by atoms with van der Waals surface area (Å²) in [6.45, 7) is 2.31. The van der Waals surface area contributed by atoms with E-state index in [1.165, 1.54) is 0 Å². The Kier molecular flexibility index (Phi) is 5.03. The molecule has 0 spiro atoms. The van der Waals surface area contributed by atoms with Crippen molar-refractivity contribution in [3.63, 3.8) is 0 Å². The highest BCUT2D eigenvalue weighted by Crippen LogP contribution is 2.22. The lowest BCUT2D eigenvalue weighted by Crippen LogP contribution is -2.15. The Morgan fingerprint density at radius 3 is 2.29 bits per heavy atom. The van der Waals surface area contributed by atoms with Gasteiger partial charge in [-0.3, -0.25) is 4.72 Å². The number of nitrogens with one attached hydrogen (secondary N) is 1. The van der Waals surface area contributed by atoms with E-state index in [9.17, 15) is 8.42 Å². The van der Waals surface area contributed by atoms with Gasteiger partial charge in [-0.1, -0.05) is 40.2 Å². The Bertz CT molecular complexity index is 728. The Labute approximate surface area is 133 Å². The van der Waals surface area contributed by atoms with Gasteiger partial charge in [-0.25, -0.2) is 8.42 Å². The standard InChI is InChI=1S/C15H17BrN2O2S/c1-11-8-14(16)6-7-15(11)18-21(19,20)10-13-4-2-12(9-17)3-5-13/h2-8,18H,9-10,17H2,1H3. The van der Waals surface area contributed by atoms with E-state index >= 15 is 0 Å². The van der Waals surface area contributed by atoms with Gasteiger partial charge >= 0.3 is 0 Å². The fraction of sp³-hybridized carbons (Fsp3) is 0.200. The van der Waals surface area contributed by atoms with E-state index in [1.54, 1.807) is 24.3 Å². The number of nitrogens with two attached hydrogens (primary N) is 1. The first-order chi connectivity index (χ1) is 9.89. The lowest BCUT2D eigenvalue weighted by molar-refractivity contribution is 0.600. The molecule has 6 heteroatoms. The zero-order chi connectivity index (χ0) is 15.5. The van der Waals surface area contributed by atoms with Gasteiger partial charge in [0, 0.05) is 11.0 Å². The maximum absolute atomic E-state index is 12.2. The molecule has 0 fully saturated rings. The molecule has 0 aliphatic heterocycles. The van der Waals surface area contributed by atoms with Crippen molar-refractivity contribution >= 4 is 31.6 Å². The molecular weight excluding hydrogens is 352 g/mol. The predicted octanol–water partition coefficient (Wildman–Crippen LogP) is 3.16. The van der Waals surface area contributed by atoms with E-state index in [0.717, 1.165) is 21.2 Å². The normalized spacial score (nSPS) is 11.4. The SMILES string of the molecule is Cc1cc(Br)ccc1NS(=O)(=O)Cc1ccc(CN)cc1. The maximum Gasteiger partial charge on any atom is 0.236 e. The molecule has 0 heterocycles. The number of rotatable bonds is 5.